The summed E-state index contributed by atoms with van der Waals surface area (Å²) in [7, 11) is 1.61. The van der Waals surface area contributed by atoms with Crippen LogP contribution in [0.5, 0.6) is 5.75 Å². The molecule has 0 saturated heterocycles. The van der Waals surface area contributed by atoms with Crippen molar-refractivity contribution in [1.82, 2.24) is 20.4 Å². The van der Waals surface area contributed by atoms with Gasteiger partial charge >= 0.3 is 0 Å². The van der Waals surface area contributed by atoms with Gasteiger partial charge in [0.15, 0.2) is 5.76 Å². The summed E-state index contributed by atoms with van der Waals surface area (Å²) in [5.74, 6) is 1.98. The van der Waals surface area contributed by atoms with Crippen LogP contribution in [-0.2, 0) is 6.54 Å². The highest BCUT2D eigenvalue weighted by Crippen LogP contribution is 2.26. The van der Waals surface area contributed by atoms with Crippen LogP contribution >= 0.6 is 0 Å². The van der Waals surface area contributed by atoms with Crippen molar-refractivity contribution < 1.29 is 18.5 Å². The maximum Gasteiger partial charge on any atom is 0.257 e. The van der Waals surface area contributed by atoms with Gasteiger partial charge in [-0.1, -0.05) is 5.16 Å². The quantitative estimate of drug-likeness (QED) is 0.519. The van der Waals surface area contributed by atoms with E-state index in [0.717, 1.165) is 16.9 Å². The number of oxazole rings is 1. The molecular weight excluding hydrogens is 384 g/mol. The minimum Gasteiger partial charge on any atom is -0.497 e. The predicted octanol–water partition coefficient (Wildman–Crippen LogP) is 3.95. The van der Waals surface area contributed by atoms with Gasteiger partial charge in [0, 0.05) is 23.5 Å². The number of hydrogen-bond acceptors (Lipinski definition) is 7. The topological polar surface area (TPSA) is 103 Å². The molecule has 3 aromatic heterocycles. The minimum atomic E-state index is -0.297. The van der Waals surface area contributed by atoms with Gasteiger partial charge in [-0.15, -0.1) is 0 Å². The van der Waals surface area contributed by atoms with Gasteiger partial charge in [0.05, 0.1) is 19.3 Å². The smallest absolute Gasteiger partial charge is 0.257 e. The third kappa shape index (κ3) is 3.80. The molecule has 0 fully saturated rings. The fraction of sp³-hybridized carbons (Fsp3) is 0.182. The summed E-state index contributed by atoms with van der Waals surface area (Å²) < 4.78 is 16.3. The van der Waals surface area contributed by atoms with E-state index < -0.39 is 0 Å². The second-order valence-electron chi connectivity index (χ2n) is 6.64. The lowest BCUT2D eigenvalue weighted by Gasteiger charge is -2.04. The van der Waals surface area contributed by atoms with Crippen molar-refractivity contribution in [3.05, 3.63) is 71.5 Å². The largest absolute Gasteiger partial charge is 0.497 e. The van der Waals surface area contributed by atoms with E-state index in [4.69, 9.17) is 13.7 Å². The summed E-state index contributed by atoms with van der Waals surface area (Å²) >= 11 is 0. The molecule has 0 spiro atoms. The molecule has 3 heterocycles. The van der Waals surface area contributed by atoms with Gasteiger partial charge in [-0.3, -0.25) is 9.78 Å². The molecular formula is C22H20N4O4. The first-order valence-electron chi connectivity index (χ1n) is 9.32. The molecule has 152 valence electrons. The third-order valence-electron chi connectivity index (χ3n) is 4.68. The van der Waals surface area contributed by atoms with Gasteiger partial charge in [-0.05, 0) is 50.2 Å². The average Bonchev–Trinajstić information content (AvgIpc) is 3.35. The van der Waals surface area contributed by atoms with Gasteiger partial charge in [0.2, 0.25) is 5.89 Å². The SMILES string of the molecule is COc1ccc(-c2nc(CNC(=O)c3c(C)noc3-c3ccncc3)c(C)o2)cc1. The van der Waals surface area contributed by atoms with Crippen molar-refractivity contribution in [3.63, 3.8) is 0 Å². The maximum absolute atomic E-state index is 12.9. The first-order chi connectivity index (χ1) is 14.6. The second kappa shape index (κ2) is 8.20. The van der Waals surface area contributed by atoms with Gasteiger partial charge in [0.25, 0.3) is 5.91 Å². The lowest BCUT2D eigenvalue weighted by atomic mass is 10.1. The number of carbonyl (C=O) groups is 1. The van der Waals surface area contributed by atoms with E-state index in [1.54, 1.807) is 38.6 Å². The summed E-state index contributed by atoms with van der Waals surface area (Å²) in [5.41, 5.74) is 3.10. The first kappa shape index (κ1) is 19.4. The van der Waals surface area contributed by atoms with Gasteiger partial charge < -0.3 is 19.0 Å². The Morgan fingerprint density at radius 1 is 1.07 bits per heavy atom. The minimum absolute atomic E-state index is 0.213. The number of methoxy groups -OCH3 is 1. The second-order valence-corrected chi connectivity index (χ2v) is 6.64. The Hall–Kier alpha value is -3.94. The summed E-state index contributed by atoms with van der Waals surface area (Å²) in [6.45, 7) is 3.76. The number of amides is 1. The average molecular weight is 404 g/mol. The van der Waals surface area contributed by atoms with E-state index >= 15 is 0 Å². The molecule has 30 heavy (non-hydrogen) atoms. The number of nitrogens with zero attached hydrogens (tertiary/aromatic N) is 3. The van der Waals surface area contributed by atoms with E-state index in [-0.39, 0.29) is 12.5 Å². The molecule has 0 saturated carbocycles. The molecule has 0 radical (unpaired) electrons. The Kier molecular flexibility index (Phi) is 5.30. The van der Waals surface area contributed by atoms with Crippen LogP contribution < -0.4 is 10.1 Å². The van der Waals surface area contributed by atoms with Crippen LogP contribution in [0.3, 0.4) is 0 Å². The zero-order valence-electron chi connectivity index (χ0n) is 16.8. The number of ether oxygens (including phenoxy) is 1. The highest BCUT2D eigenvalue weighted by Gasteiger charge is 2.22. The fourth-order valence-corrected chi connectivity index (χ4v) is 3.04. The van der Waals surface area contributed by atoms with Crippen molar-refractivity contribution >= 4 is 5.91 Å². The number of pyridine rings is 1. The number of aryl methyl sites for hydroxylation is 2. The van der Waals surface area contributed by atoms with Gasteiger partial charge in [-0.2, -0.15) is 0 Å². The van der Waals surface area contributed by atoms with Crippen molar-refractivity contribution in [1.29, 1.82) is 0 Å². The van der Waals surface area contributed by atoms with Crippen LogP contribution in [0.4, 0.5) is 0 Å². The summed E-state index contributed by atoms with van der Waals surface area (Å²) in [6.07, 6.45) is 3.27. The predicted molar refractivity (Wildman–Crippen MR) is 109 cm³/mol. The number of aromatic nitrogens is 3. The van der Waals surface area contributed by atoms with E-state index in [9.17, 15) is 4.79 Å². The zero-order chi connectivity index (χ0) is 21.1. The molecule has 4 rings (SSSR count). The monoisotopic (exact) mass is 404 g/mol. The van der Waals surface area contributed by atoms with Crippen LogP contribution in [0.25, 0.3) is 22.8 Å². The van der Waals surface area contributed by atoms with Crippen LogP contribution in [0.2, 0.25) is 0 Å². The zero-order valence-corrected chi connectivity index (χ0v) is 16.8. The molecule has 0 atom stereocenters. The highest BCUT2D eigenvalue weighted by atomic mass is 16.5. The first-order valence-corrected chi connectivity index (χ1v) is 9.32. The lowest BCUT2D eigenvalue weighted by molar-refractivity contribution is 0.0950. The molecule has 0 aliphatic rings. The fourth-order valence-electron chi connectivity index (χ4n) is 3.04. The molecule has 4 aromatic rings. The van der Waals surface area contributed by atoms with Crippen molar-refractivity contribution in [2.24, 2.45) is 0 Å². The molecule has 1 amide bonds. The Morgan fingerprint density at radius 2 is 1.80 bits per heavy atom. The van der Waals surface area contributed by atoms with E-state index in [1.807, 2.05) is 31.2 Å². The van der Waals surface area contributed by atoms with Crippen molar-refractivity contribution in [3.8, 4) is 28.5 Å². The lowest BCUT2D eigenvalue weighted by Crippen LogP contribution is -2.24. The number of nitrogens with one attached hydrogen (secondary N) is 1. The standard InChI is InChI=1S/C22H20N4O4/c1-13-19(20(30-26-13)15-8-10-23-11-9-15)21(27)24-12-18-14(2)29-22(25-18)16-4-6-17(28-3)7-5-16/h4-11H,12H2,1-3H3,(H,24,27). The van der Waals surface area contributed by atoms with Crippen molar-refractivity contribution in [2.45, 2.75) is 20.4 Å². The molecule has 0 aliphatic heterocycles. The molecule has 1 aromatic carbocycles. The summed E-state index contributed by atoms with van der Waals surface area (Å²) in [5, 5.41) is 6.82. The van der Waals surface area contributed by atoms with Gasteiger partial charge in [-0.25, -0.2) is 4.98 Å². The highest BCUT2D eigenvalue weighted by molar-refractivity contribution is 6.00. The molecule has 8 heteroatoms. The van der Waals surface area contributed by atoms with Crippen LogP contribution in [0.15, 0.2) is 57.7 Å². The molecule has 0 unspecified atom stereocenters. The normalized spacial score (nSPS) is 10.8. The van der Waals surface area contributed by atoms with Crippen LogP contribution in [-0.4, -0.2) is 28.1 Å². The number of carbonyl (C=O) groups excluding carboxylic acids is 1. The number of hydrogen-bond donors (Lipinski definition) is 1. The Morgan fingerprint density at radius 3 is 2.50 bits per heavy atom. The van der Waals surface area contributed by atoms with E-state index in [2.05, 4.69) is 20.4 Å². The van der Waals surface area contributed by atoms with Crippen LogP contribution in [0.1, 0.15) is 27.5 Å². The molecule has 8 nitrogen and oxygen atoms in total. The third-order valence-corrected chi connectivity index (χ3v) is 4.68. The van der Waals surface area contributed by atoms with E-state index in [0.29, 0.717) is 34.4 Å². The number of rotatable bonds is 6. The molecule has 0 aliphatic carbocycles. The molecule has 0 bridgehead atoms. The Balaban J connectivity index is 1.51. The summed E-state index contributed by atoms with van der Waals surface area (Å²) in [4.78, 5) is 21.4. The Bertz CT molecular complexity index is 1160. The van der Waals surface area contributed by atoms with Gasteiger partial charge in [0.1, 0.15) is 22.8 Å². The summed E-state index contributed by atoms with van der Waals surface area (Å²) in [6, 6.07) is 10.9. The van der Waals surface area contributed by atoms with Crippen LogP contribution in [0, 0.1) is 13.8 Å². The Labute approximate surface area is 172 Å². The van der Waals surface area contributed by atoms with Crippen molar-refractivity contribution in [2.75, 3.05) is 7.11 Å². The number of benzene rings is 1. The van der Waals surface area contributed by atoms with E-state index in [1.165, 1.54) is 0 Å². The maximum atomic E-state index is 12.9. The molecule has 1 N–H and O–H groups in total.